The molecule has 1 heterocycles. The number of carbonyl (C=O) groups is 1. The van der Waals surface area contributed by atoms with Crippen LogP contribution in [0.25, 0.3) is 11.3 Å². The van der Waals surface area contributed by atoms with E-state index in [0.29, 0.717) is 24.5 Å². The van der Waals surface area contributed by atoms with Crippen molar-refractivity contribution in [2.75, 3.05) is 11.9 Å². The molecule has 0 unspecified atom stereocenters. The van der Waals surface area contributed by atoms with E-state index in [1.54, 1.807) is 0 Å². The van der Waals surface area contributed by atoms with Crippen LogP contribution < -0.4 is 10.1 Å². The average molecular weight is 303 g/mol. The number of amides is 1. The number of aromatic nitrogens is 2. The van der Waals surface area contributed by atoms with Gasteiger partial charge in [-0.25, -0.2) is 4.63 Å². The first-order valence-corrected chi connectivity index (χ1v) is 7.60. The zero-order valence-corrected chi connectivity index (χ0v) is 13.0. The Morgan fingerprint density at radius 2 is 1.95 bits per heavy atom. The van der Waals surface area contributed by atoms with E-state index in [2.05, 4.69) is 22.6 Å². The van der Waals surface area contributed by atoms with Crippen LogP contribution in [0, 0.1) is 0 Å². The molecule has 0 radical (unpaired) electrons. The minimum Gasteiger partial charge on any atom is -0.494 e. The molecule has 2 rings (SSSR count). The standard InChI is InChI=1S/C16H21N3O3/c1-3-5-6-14(20)17-16-15(18-22-19-16)12-7-9-13(10-8-12)21-11-4-2/h7-10H,3-6,11H2,1-2H3,(H,17,19,20). The Morgan fingerprint density at radius 3 is 2.64 bits per heavy atom. The summed E-state index contributed by atoms with van der Waals surface area (Å²) in [6.45, 7) is 4.78. The number of anilines is 1. The summed E-state index contributed by atoms with van der Waals surface area (Å²) in [6.07, 6.45) is 3.24. The molecule has 1 N–H and O–H groups in total. The summed E-state index contributed by atoms with van der Waals surface area (Å²) in [7, 11) is 0. The number of hydrogen-bond donors (Lipinski definition) is 1. The lowest BCUT2D eigenvalue weighted by molar-refractivity contribution is -0.116. The van der Waals surface area contributed by atoms with Gasteiger partial charge in [-0.1, -0.05) is 20.3 Å². The van der Waals surface area contributed by atoms with Crippen molar-refractivity contribution in [3.05, 3.63) is 24.3 Å². The third-order valence-electron chi connectivity index (χ3n) is 3.10. The second-order valence-corrected chi connectivity index (χ2v) is 4.99. The van der Waals surface area contributed by atoms with Crippen molar-refractivity contribution in [2.24, 2.45) is 0 Å². The first kappa shape index (κ1) is 16.0. The summed E-state index contributed by atoms with van der Waals surface area (Å²) >= 11 is 0. The van der Waals surface area contributed by atoms with E-state index in [4.69, 9.17) is 9.37 Å². The Kier molecular flexibility index (Phi) is 5.94. The molecule has 118 valence electrons. The van der Waals surface area contributed by atoms with Crippen molar-refractivity contribution < 1.29 is 14.2 Å². The van der Waals surface area contributed by atoms with E-state index in [9.17, 15) is 4.79 Å². The van der Waals surface area contributed by atoms with E-state index in [-0.39, 0.29) is 5.91 Å². The van der Waals surface area contributed by atoms with Crippen LogP contribution in [0.2, 0.25) is 0 Å². The fourth-order valence-electron chi connectivity index (χ4n) is 1.92. The number of nitrogens with zero attached hydrogens (tertiary/aromatic N) is 2. The predicted molar refractivity (Wildman–Crippen MR) is 83.7 cm³/mol. The van der Waals surface area contributed by atoms with Crippen LogP contribution in [0.3, 0.4) is 0 Å². The van der Waals surface area contributed by atoms with Gasteiger partial charge in [-0.2, -0.15) is 0 Å². The van der Waals surface area contributed by atoms with Gasteiger partial charge >= 0.3 is 0 Å². The van der Waals surface area contributed by atoms with Crippen molar-refractivity contribution >= 4 is 11.7 Å². The number of benzene rings is 1. The van der Waals surface area contributed by atoms with Crippen LogP contribution in [0.5, 0.6) is 5.75 Å². The Morgan fingerprint density at radius 1 is 1.18 bits per heavy atom. The molecule has 0 aliphatic heterocycles. The number of rotatable bonds is 8. The highest BCUT2D eigenvalue weighted by atomic mass is 16.6. The molecule has 0 spiro atoms. The molecule has 0 aliphatic rings. The van der Waals surface area contributed by atoms with Crippen LogP contribution in [0.1, 0.15) is 39.5 Å². The Labute approximate surface area is 129 Å². The zero-order valence-electron chi connectivity index (χ0n) is 13.0. The molecule has 0 saturated heterocycles. The third-order valence-corrected chi connectivity index (χ3v) is 3.10. The molecule has 1 aromatic carbocycles. The highest BCUT2D eigenvalue weighted by Gasteiger charge is 2.14. The van der Waals surface area contributed by atoms with Crippen LogP contribution in [0.15, 0.2) is 28.9 Å². The molecule has 6 heteroatoms. The van der Waals surface area contributed by atoms with Crippen LogP contribution in [-0.2, 0) is 4.79 Å². The highest BCUT2D eigenvalue weighted by Crippen LogP contribution is 2.26. The van der Waals surface area contributed by atoms with Crippen molar-refractivity contribution in [1.82, 2.24) is 10.3 Å². The summed E-state index contributed by atoms with van der Waals surface area (Å²) < 4.78 is 10.3. The van der Waals surface area contributed by atoms with Gasteiger partial charge in [0.2, 0.25) is 11.7 Å². The first-order chi connectivity index (χ1) is 10.7. The summed E-state index contributed by atoms with van der Waals surface area (Å²) in [5.74, 6) is 1.07. The topological polar surface area (TPSA) is 77.3 Å². The number of hydrogen-bond acceptors (Lipinski definition) is 5. The lowest BCUT2D eigenvalue weighted by Crippen LogP contribution is -2.11. The third kappa shape index (κ3) is 4.31. The first-order valence-electron chi connectivity index (χ1n) is 7.60. The minimum atomic E-state index is -0.0818. The SMILES string of the molecule is CCCCC(=O)Nc1nonc1-c1ccc(OCCC)cc1. The number of nitrogens with one attached hydrogen (secondary N) is 1. The van der Waals surface area contributed by atoms with E-state index in [0.717, 1.165) is 30.6 Å². The smallest absolute Gasteiger partial charge is 0.225 e. The maximum absolute atomic E-state index is 11.8. The van der Waals surface area contributed by atoms with Gasteiger partial charge in [-0.3, -0.25) is 4.79 Å². The van der Waals surface area contributed by atoms with Gasteiger partial charge < -0.3 is 10.1 Å². The van der Waals surface area contributed by atoms with Gasteiger partial charge in [0.25, 0.3) is 0 Å². The minimum absolute atomic E-state index is 0.0818. The van der Waals surface area contributed by atoms with Crippen molar-refractivity contribution in [3.8, 4) is 17.0 Å². The molecule has 22 heavy (non-hydrogen) atoms. The fourth-order valence-corrected chi connectivity index (χ4v) is 1.92. The fraction of sp³-hybridized carbons (Fsp3) is 0.438. The monoisotopic (exact) mass is 303 g/mol. The highest BCUT2D eigenvalue weighted by molar-refractivity contribution is 5.92. The van der Waals surface area contributed by atoms with Gasteiger partial charge in [0.05, 0.1) is 6.61 Å². The van der Waals surface area contributed by atoms with Crippen molar-refractivity contribution in [3.63, 3.8) is 0 Å². The lowest BCUT2D eigenvalue weighted by Gasteiger charge is -2.05. The zero-order chi connectivity index (χ0) is 15.8. The van der Waals surface area contributed by atoms with Crippen molar-refractivity contribution in [1.29, 1.82) is 0 Å². The van der Waals surface area contributed by atoms with Gasteiger partial charge in [0.1, 0.15) is 5.75 Å². The molecule has 0 saturated carbocycles. The second kappa shape index (κ2) is 8.17. The van der Waals surface area contributed by atoms with E-state index >= 15 is 0 Å². The molecule has 1 aromatic heterocycles. The second-order valence-electron chi connectivity index (χ2n) is 4.99. The average Bonchev–Trinajstić information content (AvgIpc) is 2.99. The van der Waals surface area contributed by atoms with Gasteiger partial charge in [-0.15, -0.1) is 0 Å². The largest absolute Gasteiger partial charge is 0.494 e. The predicted octanol–water partition coefficient (Wildman–Crippen LogP) is 3.65. The number of carbonyl (C=O) groups excluding carboxylic acids is 1. The number of ether oxygens (including phenoxy) is 1. The van der Waals surface area contributed by atoms with E-state index < -0.39 is 0 Å². The maximum Gasteiger partial charge on any atom is 0.225 e. The van der Waals surface area contributed by atoms with Gasteiger partial charge in [-0.05, 0) is 47.4 Å². The molecule has 0 aliphatic carbocycles. The Balaban J connectivity index is 2.06. The van der Waals surface area contributed by atoms with E-state index in [1.807, 2.05) is 31.2 Å². The summed E-state index contributed by atoms with van der Waals surface area (Å²) in [5, 5.41) is 10.4. The number of unbranched alkanes of at least 4 members (excludes halogenated alkanes) is 1. The van der Waals surface area contributed by atoms with Crippen molar-refractivity contribution in [2.45, 2.75) is 39.5 Å². The maximum atomic E-state index is 11.8. The Bertz CT molecular complexity index is 593. The van der Waals surface area contributed by atoms with Gasteiger partial charge in [0, 0.05) is 12.0 Å². The molecule has 2 aromatic rings. The summed E-state index contributed by atoms with van der Waals surface area (Å²) in [5.41, 5.74) is 1.34. The van der Waals surface area contributed by atoms with E-state index in [1.165, 1.54) is 0 Å². The van der Waals surface area contributed by atoms with Crippen LogP contribution >= 0.6 is 0 Å². The molecule has 0 atom stereocenters. The molecule has 0 bridgehead atoms. The van der Waals surface area contributed by atoms with Crippen LogP contribution in [-0.4, -0.2) is 22.8 Å². The summed E-state index contributed by atoms with van der Waals surface area (Å²) in [6, 6.07) is 7.46. The molecule has 6 nitrogen and oxygen atoms in total. The molecule has 0 fully saturated rings. The molecular formula is C16H21N3O3. The lowest BCUT2D eigenvalue weighted by atomic mass is 10.1. The summed E-state index contributed by atoms with van der Waals surface area (Å²) in [4.78, 5) is 11.8. The molecule has 1 amide bonds. The van der Waals surface area contributed by atoms with Crippen LogP contribution in [0.4, 0.5) is 5.82 Å². The Hall–Kier alpha value is -2.37. The normalized spacial score (nSPS) is 10.5. The molecular weight excluding hydrogens is 282 g/mol. The quantitative estimate of drug-likeness (QED) is 0.805. The van der Waals surface area contributed by atoms with Gasteiger partial charge in [0.15, 0.2) is 5.69 Å².